The number of carboxylic acid groups (broad SMARTS) is 1. The Bertz CT molecular complexity index is 1670. The molecule has 210 valence electrons. The molecule has 0 amide bonds. The number of thiazole rings is 1. The molecule has 3 aromatic rings. The highest BCUT2D eigenvalue weighted by Gasteiger charge is 2.35. The van der Waals surface area contributed by atoms with Crippen LogP contribution in [0.1, 0.15) is 44.9 Å². The Balaban J connectivity index is 1.91. The summed E-state index contributed by atoms with van der Waals surface area (Å²) in [5, 5.41) is 9.06. The van der Waals surface area contributed by atoms with Crippen LogP contribution < -0.4 is 24.4 Å². The number of carboxylic acids is 1. The zero-order valence-corrected chi connectivity index (χ0v) is 24.4. The molecule has 2 heterocycles. The highest BCUT2D eigenvalue weighted by Crippen LogP contribution is 2.37. The lowest BCUT2D eigenvalue weighted by molar-refractivity contribution is -0.140. The Morgan fingerprint density at radius 3 is 2.50 bits per heavy atom. The third-order valence-corrected chi connectivity index (χ3v) is 7.30. The summed E-state index contributed by atoms with van der Waals surface area (Å²) in [7, 11) is 0. The quantitative estimate of drug-likeness (QED) is 0.361. The van der Waals surface area contributed by atoms with Crippen molar-refractivity contribution in [2.45, 2.75) is 39.8 Å². The van der Waals surface area contributed by atoms with Gasteiger partial charge in [0.25, 0.3) is 5.56 Å². The number of allylic oxidation sites excluding steroid dienone is 1. The molecule has 1 aliphatic rings. The van der Waals surface area contributed by atoms with Crippen molar-refractivity contribution in [1.29, 1.82) is 0 Å². The second kappa shape index (κ2) is 12.3. The number of para-hydroxylation sites is 1. The summed E-state index contributed by atoms with van der Waals surface area (Å²) in [5.74, 6) is -1.19. The lowest BCUT2D eigenvalue weighted by atomic mass is 9.95. The van der Waals surface area contributed by atoms with E-state index in [1.54, 1.807) is 26.0 Å². The molecular formula is C28H26Cl2N2O7S. The Labute approximate surface area is 243 Å². The molecule has 0 aliphatic carbocycles. The van der Waals surface area contributed by atoms with E-state index >= 15 is 0 Å². The number of carbonyl (C=O) groups is 2. The number of hydrogen-bond acceptors (Lipinski definition) is 8. The van der Waals surface area contributed by atoms with E-state index < -0.39 is 24.6 Å². The third-order valence-electron chi connectivity index (χ3n) is 5.75. The standard InChI is InChI=1S/C28H26Cl2N2O7S/c1-5-37-27(36)23-15(4)31-28-32(24(23)17-8-6-7-9-20(17)39-14(2)3)26(35)21(40-28)12-16-10-18(29)25(19(30)11-16)38-13-22(33)34/h6-12,14,24H,5,13H2,1-4H3,(H,33,34)/b21-12+/t24-/m1/s1. The van der Waals surface area contributed by atoms with Crippen LogP contribution in [0.4, 0.5) is 0 Å². The molecule has 0 bridgehead atoms. The van der Waals surface area contributed by atoms with Crippen LogP contribution >= 0.6 is 34.5 Å². The minimum absolute atomic E-state index is 0.0285. The number of nitrogens with zero attached hydrogens (tertiary/aromatic N) is 2. The van der Waals surface area contributed by atoms with Gasteiger partial charge in [-0.1, -0.05) is 52.7 Å². The Morgan fingerprint density at radius 1 is 1.20 bits per heavy atom. The monoisotopic (exact) mass is 604 g/mol. The van der Waals surface area contributed by atoms with E-state index in [2.05, 4.69) is 4.99 Å². The van der Waals surface area contributed by atoms with Gasteiger partial charge in [-0.3, -0.25) is 9.36 Å². The van der Waals surface area contributed by atoms with Crippen molar-refractivity contribution in [2.75, 3.05) is 13.2 Å². The van der Waals surface area contributed by atoms with Crippen molar-refractivity contribution in [2.24, 2.45) is 4.99 Å². The van der Waals surface area contributed by atoms with Crippen molar-refractivity contribution >= 4 is 52.6 Å². The molecule has 1 aromatic heterocycles. The molecule has 0 unspecified atom stereocenters. The van der Waals surface area contributed by atoms with E-state index in [9.17, 15) is 14.4 Å². The average Bonchev–Trinajstić information content (AvgIpc) is 3.16. The maximum Gasteiger partial charge on any atom is 0.341 e. The summed E-state index contributed by atoms with van der Waals surface area (Å²) in [6.07, 6.45) is 1.45. The van der Waals surface area contributed by atoms with Crippen molar-refractivity contribution in [3.8, 4) is 11.5 Å². The van der Waals surface area contributed by atoms with Gasteiger partial charge in [0.05, 0.1) is 38.6 Å². The van der Waals surface area contributed by atoms with Gasteiger partial charge in [-0.05, 0) is 57.5 Å². The number of ether oxygens (including phenoxy) is 3. The van der Waals surface area contributed by atoms with E-state index in [1.165, 1.54) is 16.7 Å². The van der Waals surface area contributed by atoms with Gasteiger partial charge in [-0.15, -0.1) is 0 Å². The number of halogens is 2. The molecule has 0 fully saturated rings. The van der Waals surface area contributed by atoms with Gasteiger partial charge in [0, 0.05) is 5.56 Å². The number of aliphatic carboxylic acids is 1. The van der Waals surface area contributed by atoms with Gasteiger partial charge < -0.3 is 19.3 Å². The third kappa shape index (κ3) is 6.09. The van der Waals surface area contributed by atoms with Gasteiger partial charge in [-0.2, -0.15) is 0 Å². The number of aromatic nitrogens is 1. The van der Waals surface area contributed by atoms with Crippen molar-refractivity contribution in [3.63, 3.8) is 0 Å². The molecule has 1 aliphatic heterocycles. The summed E-state index contributed by atoms with van der Waals surface area (Å²) in [5.41, 5.74) is 1.39. The van der Waals surface area contributed by atoms with Crippen LogP contribution in [0.2, 0.25) is 10.0 Å². The van der Waals surface area contributed by atoms with E-state index in [-0.39, 0.29) is 39.6 Å². The normalized spacial score (nSPS) is 15.1. The minimum atomic E-state index is -1.18. The Kier molecular flexibility index (Phi) is 9.02. The summed E-state index contributed by atoms with van der Waals surface area (Å²) in [6, 6.07) is 9.43. The van der Waals surface area contributed by atoms with Crippen LogP contribution in [0.5, 0.6) is 11.5 Å². The highest BCUT2D eigenvalue weighted by molar-refractivity contribution is 7.07. The summed E-state index contributed by atoms with van der Waals surface area (Å²) >= 11 is 13.7. The van der Waals surface area contributed by atoms with E-state index in [4.69, 9.17) is 42.5 Å². The average molecular weight is 605 g/mol. The zero-order valence-electron chi connectivity index (χ0n) is 22.1. The summed E-state index contributed by atoms with van der Waals surface area (Å²) in [6.45, 7) is 6.75. The second-order valence-electron chi connectivity index (χ2n) is 9.00. The topological polar surface area (TPSA) is 116 Å². The lowest BCUT2D eigenvalue weighted by Crippen LogP contribution is -2.40. The maximum absolute atomic E-state index is 13.9. The van der Waals surface area contributed by atoms with Crippen LogP contribution in [-0.4, -0.2) is 40.9 Å². The molecule has 40 heavy (non-hydrogen) atoms. The fourth-order valence-corrected chi connectivity index (χ4v) is 5.90. The van der Waals surface area contributed by atoms with Crippen molar-refractivity contribution in [1.82, 2.24) is 4.57 Å². The van der Waals surface area contributed by atoms with Crippen LogP contribution in [-0.2, 0) is 14.3 Å². The summed E-state index contributed by atoms with van der Waals surface area (Å²) in [4.78, 5) is 42.9. The first-order valence-electron chi connectivity index (χ1n) is 12.3. The van der Waals surface area contributed by atoms with Crippen LogP contribution in [0.15, 0.2) is 57.5 Å². The molecule has 0 saturated carbocycles. The molecule has 12 heteroatoms. The predicted octanol–water partition coefficient (Wildman–Crippen LogP) is 4.36. The molecule has 9 nitrogen and oxygen atoms in total. The van der Waals surface area contributed by atoms with Gasteiger partial charge >= 0.3 is 11.9 Å². The lowest BCUT2D eigenvalue weighted by Gasteiger charge is -2.26. The number of benzene rings is 2. The molecule has 0 radical (unpaired) electrons. The number of rotatable bonds is 9. The van der Waals surface area contributed by atoms with Crippen molar-refractivity contribution < 1.29 is 28.9 Å². The maximum atomic E-state index is 13.9. The van der Waals surface area contributed by atoms with Gasteiger partial charge in [0.1, 0.15) is 11.8 Å². The first-order chi connectivity index (χ1) is 19.0. The van der Waals surface area contributed by atoms with Gasteiger partial charge in [0.2, 0.25) is 0 Å². The number of carbonyl (C=O) groups excluding carboxylic acids is 1. The molecule has 1 N–H and O–H groups in total. The number of hydrogen-bond donors (Lipinski definition) is 1. The minimum Gasteiger partial charge on any atom is -0.491 e. The first-order valence-corrected chi connectivity index (χ1v) is 13.9. The van der Waals surface area contributed by atoms with Gasteiger partial charge in [-0.25, -0.2) is 14.6 Å². The fraction of sp³-hybridized carbons (Fsp3) is 0.286. The van der Waals surface area contributed by atoms with Gasteiger partial charge in [0.15, 0.2) is 17.2 Å². The largest absolute Gasteiger partial charge is 0.491 e. The molecule has 1 atom stereocenters. The Morgan fingerprint density at radius 2 is 1.88 bits per heavy atom. The fourth-order valence-electron chi connectivity index (χ4n) is 4.24. The molecule has 2 aromatic carbocycles. The highest BCUT2D eigenvalue weighted by atomic mass is 35.5. The first kappa shape index (κ1) is 29.4. The predicted molar refractivity (Wildman–Crippen MR) is 152 cm³/mol. The number of esters is 1. The summed E-state index contributed by atoms with van der Waals surface area (Å²) < 4.78 is 18.4. The molecule has 0 saturated heterocycles. The van der Waals surface area contributed by atoms with Crippen molar-refractivity contribution in [3.05, 3.63) is 88.5 Å². The van der Waals surface area contributed by atoms with E-state index in [0.29, 0.717) is 31.9 Å². The SMILES string of the molecule is CCOC(=O)C1=C(C)N=c2s/c(=C/c3cc(Cl)c(OCC(=O)O)c(Cl)c3)c(=O)n2[C@@H]1c1ccccc1OC(C)C. The van der Waals surface area contributed by atoms with Crippen LogP contribution in [0.25, 0.3) is 6.08 Å². The van der Waals surface area contributed by atoms with Crippen LogP contribution in [0, 0.1) is 0 Å². The van der Waals surface area contributed by atoms with E-state index in [0.717, 1.165) is 11.3 Å². The van der Waals surface area contributed by atoms with E-state index in [1.807, 2.05) is 32.0 Å². The smallest absolute Gasteiger partial charge is 0.341 e. The van der Waals surface area contributed by atoms with Crippen LogP contribution in [0.3, 0.4) is 0 Å². The molecule has 0 spiro atoms. The number of fused-ring (bicyclic) bond motifs is 1. The molecule has 4 rings (SSSR count). The Hall–Kier alpha value is -3.60. The second-order valence-corrected chi connectivity index (χ2v) is 10.8. The zero-order chi connectivity index (χ0) is 29.1. The molecular weight excluding hydrogens is 579 g/mol.